The standard InChI is InChI=1S/C32H40N2O3/c1-36-29-14-15-30(26-9-8-25-20-27(35)11-10-24(25)19-26)31(21-29)34-18-4-5-23-6-12-28(13-7-23)37-22-32(33)16-2-3-17-32/h6-7,10-15,20-21,26,34-35H,2-5,8-9,16-19,22,33H2,1H3/t26-/m1/s1. The van der Waals surface area contributed by atoms with E-state index in [0.717, 1.165) is 68.7 Å². The van der Waals surface area contributed by atoms with Gasteiger partial charge in [-0.3, -0.25) is 0 Å². The van der Waals surface area contributed by atoms with E-state index in [9.17, 15) is 5.11 Å². The van der Waals surface area contributed by atoms with E-state index >= 15 is 0 Å². The van der Waals surface area contributed by atoms with Crippen LogP contribution in [0.15, 0.2) is 60.7 Å². The maximum Gasteiger partial charge on any atom is 0.120 e. The normalized spacial score (nSPS) is 18.3. The Hall–Kier alpha value is -3.18. The van der Waals surface area contributed by atoms with Crippen molar-refractivity contribution in [1.82, 2.24) is 0 Å². The van der Waals surface area contributed by atoms with Gasteiger partial charge >= 0.3 is 0 Å². The number of aromatic hydroxyl groups is 1. The molecule has 1 saturated carbocycles. The molecule has 3 aromatic rings. The van der Waals surface area contributed by atoms with Crippen molar-refractivity contribution in [2.45, 2.75) is 69.2 Å². The second-order valence-electron chi connectivity index (χ2n) is 10.9. The molecule has 4 N–H and O–H groups in total. The monoisotopic (exact) mass is 500 g/mol. The van der Waals surface area contributed by atoms with E-state index in [0.29, 0.717) is 18.3 Å². The minimum absolute atomic E-state index is 0.146. The number of benzene rings is 3. The molecule has 0 radical (unpaired) electrons. The van der Waals surface area contributed by atoms with Crippen LogP contribution in [-0.2, 0) is 19.3 Å². The Morgan fingerprint density at radius 2 is 1.76 bits per heavy atom. The third-order valence-electron chi connectivity index (χ3n) is 8.13. The number of phenolic OH excluding ortho intramolecular Hbond substituents is 1. The predicted molar refractivity (Wildman–Crippen MR) is 150 cm³/mol. The van der Waals surface area contributed by atoms with Gasteiger partial charge in [-0.05, 0) is 103 Å². The van der Waals surface area contributed by atoms with E-state index in [1.54, 1.807) is 13.2 Å². The van der Waals surface area contributed by atoms with E-state index in [2.05, 4.69) is 53.8 Å². The number of phenols is 1. The van der Waals surface area contributed by atoms with Crippen LogP contribution in [0.3, 0.4) is 0 Å². The fraction of sp³-hybridized carbons (Fsp3) is 0.438. The number of fused-ring (bicyclic) bond motifs is 1. The molecule has 0 unspecified atom stereocenters. The molecule has 5 rings (SSSR count). The van der Waals surface area contributed by atoms with Gasteiger partial charge in [0.05, 0.1) is 12.6 Å². The third kappa shape index (κ3) is 6.40. The summed E-state index contributed by atoms with van der Waals surface area (Å²) >= 11 is 0. The summed E-state index contributed by atoms with van der Waals surface area (Å²) in [4.78, 5) is 0. The first-order valence-corrected chi connectivity index (χ1v) is 13.7. The first-order valence-electron chi connectivity index (χ1n) is 13.7. The zero-order chi connectivity index (χ0) is 25.7. The number of aryl methyl sites for hydroxylation is 2. The molecule has 2 aliphatic rings. The largest absolute Gasteiger partial charge is 0.508 e. The highest BCUT2D eigenvalue weighted by Gasteiger charge is 2.30. The minimum Gasteiger partial charge on any atom is -0.508 e. The Morgan fingerprint density at radius 1 is 0.973 bits per heavy atom. The summed E-state index contributed by atoms with van der Waals surface area (Å²) < 4.78 is 11.5. The second kappa shape index (κ2) is 11.5. The molecule has 0 aromatic heterocycles. The maximum absolute atomic E-state index is 9.83. The molecule has 3 aromatic carbocycles. The molecule has 0 aliphatic heterocycles. The van der Waals surface area contributed by atoms with Gasteiger partial charge in [0.15, 0.2) is 0 Å². The van der Waals surface area contributed by atoms with Crippen molar-refractivity contribution in [2.75, 3.05) is 25.6 Å². The molecular formula is C32H40N2O3. The SMILES string of the molecule is COc1ccc([C@@H]2CCc3cc(O)ccc3C2)c(NCCCc2ccc(OCC3(N)CCCC3)cc2)c1. The lowest BCUT2D eigenvalue weighted by Gasteiger charge is -2.27. The number of methoxy groups -OCH3 is 1. The Labute approximate surface area is 221 Å². The van der Waals surface area contributed by atoms with Crippen LogP contribution in [0.2, 0.25) is 0 Å². The van der Waals surface area contributed by atoms with E-state index in [4.69, 9.17) is 15.2 Å². The summed E-state index contributed by atoms with van der Waals surface area (Å²) in [5, 5.41) is 13.5. The van der Waals surface area contributed by atoms with Gasteiger partial charge in [0, 0.05) is 18.3 Å². The highest BCUT2D eigenvalue weighted by atomic mass is 16.5. The number of hydrogen-bond donors (Lipinski definition) is 3. The molecule has 1 fully saturated rings. The molecule has 0 heterocycles. The minimum atomic E-state index is -0.146. The molecule has 37 heavy (non-hydrogen) atoms. The number of ether oxygens (including phenoxy) is 2. The molecule has 5 nitrogen and oxygen atoms in total. The number of anilines is 1. The summed E-state index contributed by atoms with van der Waals surface area (Å²) in [6, 6.07) is 20.7. The van der Waals surface area contributed by atoms with Gasteiger partial charge in [0.1, 0.15) is 23.9 Å². The van der Waals surface area contributed by atoms with Crippen LogP contribution >= 0.6 is 0 Å². The smallest absolute Gasteiger partial charge is 0.120 e. The van der Waals surface area contributed by atoms with Crippen molar-refractivity contribution in [2.24, 2.45) is 5.73 Å². The lowest BCUT2D eigenvalue weighted by atomic mass is 9.79. The topological polar surface area (TPSA) is 76.7 Å². The van der Waals surface area contributed by atoms with E-state index in [1.807, 2.05) is 6.07 Å². The Morgan fingerprint density at radius 3 is 2.54 bits per heavy atom. The van der Waals surface area contributed by atoms with Crippen molar-refractivity contribution in [3.8, 4) is 17.2 Å². The zero-order valence-electron chi connectivity index (χ0n) is 22.0. The van der Waals surface area contributed by atoms with Crippen LogP contribution in [0.5, 0.6) is 17.2 Å². The summed E-state index contributed by atoms with van der Waals surface area (Å²) in [5.74, 6) is 2.60. The van der Waals surface area contributed by atoms with Crippen molar-refractivity contribution in [1.29, 1.82) is 0 Å². The van der Waals surface area contributed by atoms with Crippen LogP contribution in [-0.4, -0.2) is 30.9 Å². The van der Waals surface area contributed by atoms with Crippen LogP contribution in [0, 0.1) is 0 Å². The van der Waals surface area contributed by atoms with E-state index in [1.165, 1.54) is 35.1 Å². The van der Waals surface area contributed by atoms with Gasteiger partial charge < -0.3 is 25.6 Å². The lowest BCUT2D eigenvalue weighted by Crippen LogP contribution is -2.42. The van der Waals surface area contributed by atoms with Crippen LogP contribution in [0.25, 0.3) is 0 Å². The van der Waals surface area contributed by atoms with Crippen molar-refractivity contribution < 1.29 is 14.6 Å². The van der Waals surface area contributed by atoms with Gasteiger partial charge in [-0.15, -0.1) is 0 Å². The van der Waals surface area contributed by atoms with Crippen molar-refractivity contribution >= 4 is 5.69 Å². The van der Waals surface area contributed by atoms with E-state index in [-0.39, 0.29) is 5.54 Å². The van der Waals surface area contributed by atoms with Crippen molar-refractivity contribution in [3.63, 3.8) is 0 Å². The molecule has 2 aliphatic carbocycles. The molecule has 0 spiro atoms. The van der Waals surface area contributed by atoms with Crippen LogP contribution in [0.4, 0.5) is 5.69 Å². The van der Waals surface area contributed by atoms with Crippen LogP contribution in [0.1, 0.15) is 66.7 Å². The third-order valence-corrected chi connectivity index (χ3v) is 8.13. The van der Waals surface area contributed by atoms with Gasteiger partial charge in [0.25, 0.3) is 0 Å². The molecule has 5 heteroatoms. The molecule has 1 atom stereocenters. The molecule has 196 valence electrons. The molecular weight excluding hydrogens is 460 g/mol. The average Bonchev–Trinajstić information content (AvgIpc) is 3.36. The van der Waals surface area contributed by atoms with Crippen LogP contribution < -0.4 is 20.5 Å². The van der Waals surface area contributed by atoms with Crippen molar-refractivity contribution in [3.05, 3.63) is 82.9 Å². The lowest BCUT2D eigenvalue weighted by molar-refractivity contribution is 0.220. The Bertz CT molecular complexity index is 1190. The first-order chi connectivity index (χ1) is 18.0. The second-order valence-corrected chi connectivity index (χ2v) is 10.9. The number of rotatable bonds is 10. The Kier molecular flexibility index (Phi) is 7.90. The molecule has 0 bridgehead atoms. The molecule has 0 amide bonds. The quantitative estimate of drug-likeness (QED) is 0.282. The number of hydrogen-bond acceptors (Lipinski definition) is 5. The van der Waals surface area contributed by atoms with Gasteiger partial charge in [0.2, 0.25) is 0 Å². The summed E-state index contributed by atoms with van der Waals surface area (Å²) in [6.07, 6.45) is 9.66. The average molecular weight is 501 g/mol. The fourth-order valence-electron chi connectivity index (χ4n) is 5.90. The fourth-order valence-corrected chi connectivity index (χ4v) is 5.90. The van der Waals surface area contributed by atoms with Gasteiger partial charge in [-0.25, -0.2) is 0 Å². The summed E-state index contributed by atoms with van der Waals surface area (Å²) in [5.41, 5.74) is 12.7. The van der Waals surface area contributed by atoms with Gasteiger partial charge in [-0.2, -0.15) is 0 Å². The highest BCUT2D eigenvalue weighted by molar-refractivity contribution is 5.57. The van der Waals surface area contributed by atoms with E-state index < -0.39 is 0 Å². The zero-order valence-corrected chi connectivity index (χ0v) is 22.0. The Balaban J connectivity index is 1.15. The number of nitrogens with one attached hydrogen (secondary N) is 1. The van der Waals surface area contributed by atoms with Gasteiger partial charge in [-0.1, -0.05) is 37.1 Å². The summed E-state index contributed by atoms with van der Waals surface area (Å²) in [7, 11) is 1.72. The highest BCUT2D eigenvalue weighted by Crippen LogP contribution is 2.38. The predicted octanol–water partition coefficient (Wildman–Crippen LogP) is 6.37. The number of nitrogens with two attached hydrogens (primary N) is 1. The first kappa shape index (κ1) is 25.5. The summed E-state index contributed by atoms with van der Waals surface area (Å²) in [6.45, 7) is 1.50. The molecule has 0 saturated heterocycles. The maximum atomic E-state index is 9.83.